The molecule has 0 spiro atoms. The number of anilines is 1. The van der Waals surface area contributed by atoms with Crippen LogP contribution in [0.4, 0.5) is 10.6 Å². The first-order valence-corrected chi connectivity index (χ1v) is 13.0. The molecule has 1 unspecified atom stereocenters. The Morgan fingerprint density at radius 3 is 2.33 bits per heavy atom. The van der Waals surface area contributed by atoms with Crippen molar-refractivity contribution in [3.63, 3.8) is 0 Å². The molecule has 2 fully saturated rings. The van der Waals surface area contributed by atoms with Crippen LogP contribution in [0.15, 0.2) is 41.3 Å². The number of carboxylic acid groups (broad SMARTS) is 1. The van der Waals surface area contributed by atoms with Crippen molar-refractivity contribution in [2.24, 2.45) is 11.5 Å². The molecule has 2 aliphatic rings. The second kappa shape index (κ2) is 11.5. The van der Waals surface area contributed by atoms with E-state index in [1.807, 2.05) is 24.3 Å². The van der Waals surface area contributed by atoms with Crippen molar-refractivity contribution in [1.29, 1.82) is 0 Å². The number of benzene rings is 1. The molecule has 13 heteroatoms. The average molecular weight is 541 g/mol. The average Bonchev–Trinajstić information content (AvgIpc) is 2.89. The number of piperazine rings is 1. The number of nitrogens with zero attached hydrogens (tertiary/aromatic N) is 5. The highest BCUT2D eigenvalue weighted by molar-refractivity contribution is 5.93. The number of aromatic nitrogens is 2. The number of amides is 3. The zero-order chi connectivity index (χ0) is 28.3. The second-order valence-electron chi connectivity index (χ2n) is 10.7. The van der Waals surface area contributed by atoms with Gasteiger partial charge in [-0.3, -0.25) is 19.6 Å². The van der Waals surface area contributed by atoms with Crippen LogP contribution in [-0.2, 0) is 16.1 Å². The van der Waals surface area contributed by atoms with Crippen LogP contribution in [0.5, 0.6) is 0 Å². The highest BCUT2D eigenvalue weighted by Gasteiger charge is 2.39. The van der Waals surface area contributed by atoms with Crippen molar-refractivity contribution in [1.82, 2.24) is 24.3 Å². The van der Waals surface area contributed by atoms with Gasteiger partial charge in [0, 0.05) is 31.9 Å². The smallest absolute Gasteiger partial charge is 0.354 e. The number of urea groups is 1. The van der Waals surface area contributed by atoms with Gasteiger partial charge in [-0.15, -0.1) is 0 Å². The van der Waals surface area contributed by atoms with E-state index in [-0.39, 0.29) is 31.5 Å². The predicted octanol–water partition coefficient (Wildman–Crippen LogP) is 0.0222. The van der Waals surface area contributed by atoms with Gasteiger partial charge in [0.2, 0.25) is 5.91 Å². The van der Waals surface area contributed by atoms with Crippen molar-refractivity contribution in [2.75, 3.05) is 38.0 Å². The van der Waals surface area contributed by atoms with E-state index in [0.29, 0.717) is 5.69 Å². The van der Waals surface area contributed by atoms with Gasteiger partial charge in [-0.1, -0.05) is 12.1 Å². The molecule has 2 aromatic rings. The minimum Gasteiger partial charge on any atom is -0.480 e. The first kappa shape index (κ1) is 28.2. The number of nitrogens with one attached hydrogen (secondary N) is 1. The zero-order valence-corrected chi connectivity index (χ0v) is 22.2. The van der Waals surface area contributed by atoms with Gasteiger partial charge in [-0.2, -0.15) is 4.98 Å². The van der Waals surface area contributed by atoms with Crippen molar-refractivity contribution in [2.45, 2.75) is 50.9 Å². The Labute approximate surface area is 226 Å². The van der Waals surface area contributed by atoms with E-state index in [9.17, 15) is 24.3 Å². The standard InChI is InChI=1S/C26H36N8O5/c1-26(2,28)23(37)32-13-14-34(20(16-32)22(35)36)25(39)30-21-9-12-33(24(38)29-21)19-5-3-17(4-6-19)15-31-10-7-18(27)8-11-31/h3-6,9,12,18,20H,7-8,10-11,13-16,27-28H2,1-2H3,(H,35,36)(H,29,30,38,39). The molecule has 0 bridgehead atoms. The second-order valence-corrected chi connectivity index (χ2v) is 10.7. The number of rotatable bonds is 6. The summed E-state index contributed by atoms with van der Waals surface area (Å²) in [4.78, 5) is 58.8. The predicted molar refractivity (Wildman–Crippen MR) is 144 cm³/mol. The van der Waals surface area contributed by atoms with E-state index < -0.39 is 35.2 Å². The van der Waals surface area contributed by atoms with Crippen molar-refractivity contribution < 1.29 is 19.5 Å². The molecule has 6 N–H and O–H groups in total. The zero-order valence-electron chi connectivity index (χ0n) is 22.2. The van der Waals surface area contributed by atoms with E-state index in [1.165, 1.54) is 21.7 Å². The third-order valence-electron chi connectivity index (χ3n) is 7.06. The lowest BCUT2D eigenvalue weighted by Gasteiger charge is -2.41. The lowest BCUT2D eigenvalue weighted by atomic mass is 10.0. The Balaban J connectivity index is 1.39. The Morgan fingerprint density at radius 1 is 1.08 bits per heavy atom. The van der Waals surface area contributed by atoms with Crippen LogP contribution in [0, 0.1) is 0 Å². The van der Waals surface area contributed by atoms with E-state index in [2.05, 4.69) is 15.2 Å². The van der Waals surface area contributed by atoms with E-state index in [1.54, 1.807) is 13.8 Å². The Kier molecular flexibility index (Phi) is 8.33. The molecule has 0 aliphatic carbocycles. The van der Waals surface area contributed by atoms with Gasteiger partial charge < -0.3 is 26.4 Å². The molecule has 0 saturated carbocycles. The normalized spacial score (nSPS) is 19.1. The van der Waals surface area contributed by atoms with Crippen molar-refractivity contribution in [3.05, 3.63) is 52.6 Å². The fourth-order valence-corrected chi connectivity index (χ4v) is 4.81. The maximum absolute atomic E-state index is 12.9. The topological polar surface area (TPSA) is 180 Å². The molecular weight excluding hydrogens is 504 g/mol. The van der Waals surface area contributed by atoms with Crippen LogP contribution in [0.2, 0.25) is 0 Å². The van der Waals surface area contributed by atoms with Crippen molar-refractivity contribution >= 4 is 23.7 Å². The summed E-state index contributed by atoms with van der Waals surface area (Å²) < 4.78 is 1.36. The molecule has 210 valence electrons. The van der Waals surface area contributed by atoms with Crippen LogP contribution in [0.25, 0.3) is 5.69 Å². The summed E-state index contributed by atoms with van der Waals surface area (Å²) in [6.07, 6.45) is 3.48. The first-order valence-electron chi connectivity index (χ1n) is 13.0. The SMILES string of the molecule is CC(C)(N)C(=O)N1CCN(C(=O)Nc2ccn(-c3ccc(CN4CCC(N)CC4)cc3)c(=O)n2)C(C(=O)O)C1. The third kappa shape index (κ3) is 6.80. The highest BCUT2D eigenvalue weighted by Crippen LogP contribution is 2.17. The third-order valence-corrected chi connectivity index (χ3v) is 7.06. The number of carbonyl (C=O) groups is 3. The van der Waals surface area contributed by atoms with Gasteiger partial charge in [0.1, 0.15) is 11.9 Å². The van der Waals surface area contributed by atoms with Crippen LogP contribution >= 0.6 is 0 Å². The molecule has 3 amide bonds. The molecule has 1 aromatic carbocycles. The monoisotopic (exact) mass is 540 g/mol. The van der Waals surface area contributed by atoms with Crippen molar-refractivity contribution in [3.8, 4) is 5.69 Å². The number of piperidine rings is 1. The Morgan fingerprint density at radius 2 is 1.74 bits per heavy atom. The minimum absolute atomic E-state index is 0.00749. The van der Waals surface area contributed by atoms with Crippen LogP contribution in [0.3, 0.4) is 0 Å². The van der Waals surface area contributed by atoms with Gasteiger partial charge in [0.05, 0.1) is 17.8 Å². The fourth-order valence-electron chi connectivity index (χ4n) is 4.81. The van der Waals surface area contributed by atoms with Gasteiger partial charge >= 0.3 is 17.7 Å². The van der Waals surface area contributed by atoms with E-state index in [4.69, 9.17) is 11.5 Å². The molecule has 4 rings (SSSR count). The van der Waals surface area contributed by atoms with Gasteiger partial charge in [0.15, 0.2) is 0 Å². The molecule has 39 heavy (non-hydrogen) atoms. The summed E-state index contributed by atoms with van der Waals surface area (Å²) in [5.74, 6) is -1.66. The summed E-state index contributed by atoms with van der Waals surface area (Å²) in [6, 6.07) is 7.36. The lowest BCUT2D eigenvalue weighted by molar-refractivity contribution is -0.148. The Bertz CT molecular complexity index is 1260. The largest absolute Gasteiger partial charge is 0.480 e. The van der Waals surface area contributed by atoms with Crippen LogP contribution in [0.1, 0.15) is 32.3 Å². The number of carboxylic acids is 1. The number of aliphatic carboxylic acids is 1. The van der Waals surface area contributed by atoms with Crippen LogP contribution < -0.4 is 22.5 Å². The maximum atomic E-state index is 12.9. The number of likely N-dealkylation sites (tertiary alicyclic amines) is 1. The minimum atomic E-state index is -1.27. The summed E-state index contributed by atoms with van der Waals surface area (Å²) in [7, 11) is 0. The molecule has 13 nitrogen and oxygen atoms in total. The fraction of sp³-hybridized carbons (Fsp3) is 0.500. The number of hydrogen-bond acceptors (Lipinski definition) is 8. The van der Waals surface area contributed by atoms with Gasteiger partial charge in [-0.25, -0.2) is 14.4 Å². The quantitative estimate of drug-likeness (QED) is 0.393. The van der Waals surface area contributed by atoms with Gasteiger partial charge in [-0.05, 0) is 63.5 Å². The van der Waals surface area contributed by atoms with Crippen LogP contribution in [-0.4, -0.2) is 97.6 Å². The summed E-state index contributed by atoms with van der Waals surface area (Å²) in [5.41, 5.74) is 11.8. The number of nitrogens with two attached hydrogens (primary N) is 2. The summed E-state index contributed by atoms with van der Waals surface area (Å²) in [6.45, 7) is 5.74. The first-order chi connectivity index (χ1) is 18.4. The van der Waals surface area contributed by atoms with E-state index in [0.717, 1.165) is 42.9 Å². The lowest BCUT2D eigenvalue weighted by Crippen LogP contribution is -2.63. The molecule has 1 aromatic heterocycles. The summed E-state index contributed by atoms with van der Waals surface area (Å²) >= 11 is 0. The molecule has 2 saturated heterocycles. The molecular formula is C26H36N8O5. The van der Waals surface area contributed by atoms with E-state index >= 15 is 0 Å². The molecule has 1 atom stereocenters. The van der Waals surface area contributed by atoms with Gasteiger partial charge in [0.25, 0.3) is 0 Å². The molecule has 2 aliphatic heterocycles. The maximum Gasteiger partial charge on any atom is 0.354 e. The highest BCUT2D eigenvalue weighted by atomic mass is 16.4. The molecule has 3 heterocycles. The summed E-state index contributed by atoms with van der Waals surface area (Å²) in [5, 5.41) is 12.2. The molecule has 0 radical (unpaired) electrons. The Hall–Kier alpha value is -3.81. The number of carbonyl (C=O) groups excluding carboxylic acids is 2. The number of hydrogen-bond donors (Lipinski definition) is 4.